The molecule has 0 bridgehead atoms. The van der Waals surface area contributed by atoms with Crippen molar-refractivity contribution in [2.45, 2.75) is 18.9 Å². The molecule has 1 aliphatic rings. The molecule has 1 fully saturated rings. The molecule has 0 spiro atoms. The van der Waals surface area contributed by atoms with Crippen LogP contribution in [-0.4, -0.2) is 42.4 Å². The lowest BCUT2D eigenvalue weighted by Crippen LogP contribution is -2.53. The number of halogens is 3. The number of aliphatic hydroxyl groups excluding tert-OH is 1. The zero-order valence-electron chi connectivity index (χ0n) is 10.5. The van der Waals surface area contributed by atoms with E-state index in [1.807, 2.05) is 0 Å². The van der Waals surface area contributed by atoms with Gasteiger partial charge >= 0.3 is 0 Å². The van der Waals surface area contributed by atoms with Gasteiger partial charge in [-0.3, -0.25) is 4.90 Å². The molecular weight excluding hydrogens is 292 g/mol. The van der Waals surface area contributed by atoms with E-state index in [1.54, 1.807) is 6.07 Å². The van der Waals surface area contributed by atoms with Crippen molar-refractivity contribution in [3.8, 4) is 5.75 Å². The Morgan fingerprint density at radius 1 is 1.37 bits per heavy atom. The molecule has 0 amide bonds. The molecule has 0 saturated carbocycles. The van der Waals surface area contributed by atoms with Gasteiger partial charge in [0.1, 0.15) is 17.7 Å². The average Bonchev–Trinajstić information content (AvgIpc) is 2.30. The summed E-state index contributed by atoms with van der Waals surface area (Å²) in [6, 6.07) is 4.50. The molecule has 0 aromatic heterocycles. The Labute approximate surface area is 123 Å². The van der Waals surface area contributed by atoms with Crippen LogP contribution in [0.5, 0.6) is 5.75 Å². The molecule has 1 aromatic carbocycles. The Bertz CT molecular complexity index is 400. The van der Waals surface area contributed by atoms with Crippen LogP contribution in [0.15, 0.2) is 18.2 Å². The number of rotatable bonds is 6. The summed E-state index contributed by atoms with van der Waals surface area (Å²) in [6.07, 6.45) is 1.96. The fourth-order valence-electron chi connectivity index (χ4n) is 1.97. The largest absolute Gasteiger partial charge is 0.488 e. The monoisotopic (exact) mass is 309 g/mol. The van der Waals surface area contributed by atoms with Crippen molar-refractivity contribution in [1.29, 1.82) is 0 Å². The minimum Gasteiger partial charge on any atom is -0.488 e. The number of nitrogens with zero attached hydrogens (tertiary/aromatic N) is 1. The third kappa shape index (κ3) is 4.80. The molecular formula is C13H18Cl2FNO2. The van der Waals surface area contributed by atoms with Gasteiger partial charge in [0.15, 0.2) is 0 Å². The van der Waals surface area contributed by atoms with Gasteiger partial charge in [-0.05, 0) is 31.5 Å². The lowest BCUT2D eigenvalue weighted by Gasteiger charge is -2.39. The number of unbranched alkanes of at least 4 members (excludes halogenated alkanes) is 1. The molecule has 2 rings (SSSR count). The first-order valence-electron chi connectivity index (χ1n) is 6.14. The predicted molar refractivity (Wildman–Crippen MR) is 75.8 cm³/mol. The quantitative estimate of drug-likeness (QED) is 0.820. The highest BCUT2D eigenvalue weighted by molar-refractivity contribution is 6.30. The summed E-state index contributed by atoms with van der Waals surface area (Å²) in [5, 5.41) is 8.79. The van der Waals surface area contributed by atoms with Crippen molar-refractivity contribution in [2.75, 3.05) is 26.2 Å². The van der Waals surface area contributed by atoms with Crippen LogP contribution >= 0.6 is 24.0 Å². The lowest BCUT2D eigenvalue weighted by molar-refractivity contribution is 0.0183. The van der Waals surface area contributed by atoms with Crippen molar-refractivity contribution in [2.24, 2.45) is 0 Å². The molecule has 1 aromatic rings. The molecule has 1 N–H and O–H groups in total. The van der Waals surface area contributed by atoms with Crippen LogP contribution < -0.4 is 4.74 Å². The van der Waals surface area contributed by atoms with E-state index in [0.29, 0.717) is 5.75 Å². The molecule has 19 heavy (non-hydrogen) atoms. The zero-order chi connectivity index (χ0) is 13.0. The highest BCUT2D eigenvalue weighted by Gasteiger charge is 2.27. The summed E-state index contributed by atoms with van der Waals surface area (Å²) in [5.74, 6) is 0.0743. The Kier molecular flexibility index (Phi) is 6.86. The van der Waals surface area contributed by atoms with Crippen LogP contribution in [0.4, 0.5) is 4.39 Å². The average molecular weight is 310 g/mol. The van der Waals surface area contributed by atoms with Gasteiger partial charge in [-0.2, -0.15) is 0 Å². The first-order valence-corrected chi connectivity index (χ1v) is 6.52. The van der Waals surface area contributed by atoms with Gasteiger partial charge in [0, 0.05) is 25.8 Å². The lowest BCUT2D eigenvalue weighted by atomic mass is 10.1. The second kappa shape index (κ2) is 7.90. The molecule has 108 valence electrons. The fourth-order valence-corrected chi connectivity index (χ4v) is 2.09. The van der Waals surface area contributed by atoms with Crippen molar-refractivity contribution in [3.05, 3.63) is 29.0 Å². The summed E-state index contributed by atoms with van der Waals surface area (Å²) in [4.78, 5) is 2.26. The SMILES string of the molecule is Cl.OCCCCN1CC(Oc2ccc(Cl)c(F)c2)C1. The van der Waals surface area contributed by atoms with Crippen molar-refractivity contribution in [1.82, 2.24) is 4.90 Å². The van der Waals surface area contributed by atoms with Crippen LogP contribution in [0.25, 0.3) is 0 Å². The van der Waals surface area contributed by atoms with Gasteiger partial charge in [-0.15, -0.1) is 12.4 Å². The predicted octanol–water partition coefficient (Wildman–Crippen LogP) is 2.74. The van der Waals surface area contributed by atoms with E-state index >= 15 is 0 Å². The summed E-state index contributed by atoms with van der Waals surface area (Å²) < 4.78 is 18.8. The molecule has 0 radical (unpaired) electrons. The maximum absolute atomic E-state index is 13.2. The fraction of sp³-hybridized carbons (Fsp3) is 0.538. The van der Waals surface area contributed by atoms with Gasteiger partial charge in [0.2, 0.25) is 0 Å². The van der Waals surface area contributed by atoms with E-state index in [9.17, 15) is 4.39 Å². The molecule has 0 aliphatic carbocycles. The third-order valence-electron chi connectivity index (χ3n) is 3.00. The summed E-state index contributed by atoms with van der Waals surface area (Å²) in [5.41, 5.74) is 0. The summed E-state index contributed by atoms with van der Waals surface area (Å²) >= 11 is 5.60. The Balaban J connectivity index is 0.00000180. The second-order valence-corrected chi connectivity index (χ2v) is 4.91. The first kappa shape index (κ1) is 16.5. The minimum absolute atomic E-state index is 0. The zero-order valence-corrected chi connectivity index (χ0v) is 12.1. The number of hydrogen-bond donors (Lipinski definition) is 1. The molecule has 3 nitrogen and oxygen atoms in total. The Morgan fingerprint density at radius 3 is 2.74 bits per heavy atom. The molecule has 0 atom stereocenters. The number of aliphatic hydroxyl groups is 1. The van der Waals surface area contributed by atoms with E-state index in [0.717, 1.165) is 32.5 Å². The number of ether oxygens (including phenoxy) is 1. The standard InChI is InChI=1S/C13H17ClFNO2.ClH/c14-12-4-3-10(7-13(12)15)18-11-8-16(9-11)5-1-2-6-17;/h3-4,7,11,17H,1-2,5-6,8-9H2;1H. The summed E-state index contributed by atoms with van der Waals surface area (Å²) in [7, 11) is 0. The van der Waals surface area contributed by atoms with Gasteiger partial charge in [0.25, 0.3) is 0 Å². The number of benzene rings is 1. The second-order valence-electron chi connectivity index (χ2n) is 4.51. The van der Waals surface area contributed by atoms with E-state index in [-0.39, 0.29) is 30.1 Å². The van der Waals surface area contributed by atoms with Crippen LogP contribution in [0.2, 0.25) is 5.02 Å². The third-order valence-corrected chi connectivity index (χ3v) is 3.31. The highest BCUT2D eigenvalue weighted by Crippen LogP contribution is 2.23. The topological polar surface area (TPSA) is 32.7 Å². The molecule has 1 aliphatic heterocycles. The van der Waals surface area contributed by atoms with Crippen LogP contribution in [0, 0.1) is 5.82 Å². The Morgan fingerprint density at radius 2 is 2.11 bits per heavy atom. The van der Waals surface area contributed by atoms with Gasteiger partial charge in [-0.25, -0.2) is 4.39 Å². The van der Waals surface area contributed by atoms with Gasteiger partial charge in [0.05, 0.1) is 5.02 Å². The minimum atomic E-state index is -0.451. The first-order chi connectivity index (χ1) is 8.69. The number of likely N-dealkylation sites (tertiary alicyclic amines) is 1. The summed E-state index contributed by atoms with van der Waals surface area (Å²) in [6.45, 7) is 2.94. The number of hydrogen-bond acceptors (Lipinski definition) is 3. The molecule has 6 heteroatoms. The van der Waals surface area contributed by atoms with Crippen molar-refractivity contribution in [3.63, 3.8) is 0 Å². The van der Waals surface area contributed by atoms with E-state index < -0.39 is 5.82 Å². The van der Waals surface area contributed by atoms with E-state index in [1.165, 1.54) is 12.1 Å². The maximum Gasteiger partial charge on any atom is 0.145 e. The van der Waals surface area contributed by atoms with Crippen LogP contribution in [0.1, 0.15) is 12.8 Å². The van der Waals surface area contributed by atoms with Gasteiger partial charge < -0.3 is 9.84 Å². The van der Waals surface area contributed by atoms with E-state index in [2.05, 4.69) is 4.90 Å². The van der Waals surface area contributed by atoms with E-state index in [4.69, 9.17) is 21.4 Å². The maximum atomic E-state index is 13.2. The Hall–Kier alpha value is -0.550. The molecule has 1 heterocycles. The molecule has 1 saturated heterocycles. The smallest absolute Gasteiger partial charge is 0.145 e. The van der Waals surface area contributed by atoms with Crippen molar-refractivity contribution >= 4 is 24.0 Å². The van der Waals surface area contributed by atoms with Crippen LogP contribution in [-0.2, 0) is 0 Å². The van der Waals surface area contributed by atoms with Gasteiger partial charge in [-0.1, -0.05) is 11.6 Å². The van der Waals surface area contributed by atoms with Crippen molar-refractivity contribution < 1.29 is 14.2 Å². The normalized spacial score (nSPS) is 15.7. The highest BCUT2D eigenvalue weighted by atomic mass is 35.5. The van der Waals surface area contributed by atoms with Crippen LogP contribution in [0.3, 0.4) is 0 Å². The molecule has 0 unspecified atom stereocenters.